The number of hydrogen-bond acceptors (Lipinski definition) is 1. The van der Waals surface area contributed by atoms with E-state index in [0.29, 0.717) is 6.17 Å². The Labute approximate surface area is 82.7 Å². The van der Waals surface area contributed by atoms with Gasteiger partial charge in [-0.05, 0) is 38.8 Å². The number of piperidine rings is 1. The van der Waals surface area contributed by atoms with Gasteiger partial charge in [0.05, 0.1) is 6.17 Å². The highest BCUT2D eigenvalue weighted by molar-refractivity contribution is 4.72. The van der Waals surface area contributed by atoms with E-state index in [1.165, 1.54) is 38.6 Å². The fourth-order valence-corrected chi connectivity index (χ4v) is 1.95. The average molecular weight is 183 g/mol. The van der Waals surface area contributed by atoms with Gasteiger partial charge in [-0.1, -0.05) is 20.3 Å². The number of rotatable bonds is 5. The number of unbranched alkanes of at least 4 members (excludes halogenated alkanes) is 1. The first kappa shape index (κ1) is 11.0. The van der Waals surface area contributed by atoms with Gasteiger partial charge in [-0.15, -0.1) is 0 Å². The molecule has 1 fully saturated rings. The predicted molar refractivity (Wildman–Crippen MR) is 56.8 cm³/mol. The lowest BCUT2D eigenvalue weighted by Gasteiger charge is -2.32. The number of hydrogen-bond donors (Lipinski definition) is 0. The van der Waals surface area contributed by atoms with Crippen LogP contribution in [0.1, 0.15) is 46.0 Å². The normalized spacial score (nSPS) is 23.8. The van der Waals surface area contributed by atoms with E-state index in [1.807, 2.05) is 0 Å². The SMILES string of the molecule is CCCCN(CC)C1CCCC[N]1. The molecular formula is C11H23N2. The average Bonchev–Trinajstić information content (AvgIpc) is 2.21. The van der Waals surface area contributed by atoms with Crippen LogP contribution in [-0.2, 0) is 0 Å². The van der Waals surface area contributed by atoms with Crippen LogP contribution in [0.25, 0.3) is 0 Å². The second-order valence-electron chi connectivity index (χ2n) is 3.86. The van der Waals surface area contributed by atoms with Crippen molar-refractivity contribution in [1.29, 1.82) is 0 Å². The highest BCUT2D eigenvalue weighted by atomic mass is 15.3. The van der Waals surface area contributed by atoms with Crippen LogP contribution in [0.5, 0.6) is 0 Å². The van der Waals surface area contributed by atoms with Gasteiger partial charge in [-0.3, -0.25) is 4.90 Å². The van der Waals surface area contributed by atoms with Crippen molar-refractivity contribution in [3.8, 4) is 0 Å². The van der Waals surface area contributed by atoms with Crippen molar-refractivity contribution in [1.82, 2.24) is 10.2 Å². The first-order chi connectivity index (χ1) is 6.38. The lowest BCUT2D eigenvalue weighted by Crippen LogP contribution is -2.44. The summed E-state index contributed by atoms with van der Waals surface area (Å²) in [6.07, 6.45) is 7.13. The minimum Gasteiger partial charge on any atom is -0.287 e. The molecular weight excluding hydrogens is 160 g/mol. The third kappa shape index (κ3) is 3.65. The maximum atomic E-state index is 4.68. The van der Waals surface area contributed by atoms with Crippen LogP contribution in [-0.4, -0.2) is 30.7 Å². The highest BCUT2D eigenvalue weighted by Crippen LogP contribution is 2.13. The monoisotopic (exact) mass is 183 g/mol. The molecule has 1 atom stereocenters. The fraction of sp³-hybridized carbons (Fsp3) is 1.00. The van der Waals surface area contributed by atoms with Crippen molar-refractivity contribution in [2.75, 3.05) is 19.6 Å². The summed E-state index contributed by atoms with van der Waals surface area (Å²) < 4.78 is 0. The molecule has 0 N–H and O–H groups in total. The Bertz CT molecular complexity index is 119. The summed E-state index contributed by atoms with van der Waals surface area (Å²) in [4.78, 5) is 2.53. The summed E-state index contributed by atoms with van der Waals surface area (Å²) in [5, 5.41) is 4.68. The molecule has 0 aliphatic carbocycles. The van der Waals surface area contributed by atoms with Crippen LogP contribution in [0, 0.1) is 0 Å². The van der Waals surface area contributed by atoms with Gasteiger partial charge in [-0.2, -0.15) is 0 Å². The lowest BCUT2D eigenvalue weighted by atomic mass is 10.1. The molecule has 77 valence electrons. The van der Waals surface area contributed by atoms with Gasteiger partial charge >= 0.3 is 0 Å². The van der Waals surface area contributed by atoms with Crippen molar-refractivity contribution in [2.24, 2.45) is 0 Å². The van der Waals surface area contributed by atoms with Gasteiger partial charge in [0, 0.05) is 6.54 Å². The standard InChI is InChI=1S/C11H23N2/c1-3-5-10-13(4-2)11-8-6-7-9-12-11/h11H,3-10H2,1-2H3. The molecule has 2 heteroatoms. The third-order valence-electron chi connectivity index (χ3n) is 2.84. The van der Waals surface area contributed by atoms with E-state index in [9.17, 15) is 0 Å². The molecule has 1 radical (unpaired) electrons. The predicted octanol–water partition coefficient (Wildman–Crippen LogP) is 2.22. The molecule has 0 amide bonds. The van der Waals surface area contributed by atoms with Crippen LogP contribution >= 0.6 is 0 Å². The van der Waals surface area contributed by atoms with Crippen LogP contribution in [0.15, 0.2) is 0 Å². The maximum Gasteiger partial charge on any atom is 0.0760 e. The molecule has 13 heavy (non-hydrogen) atoms. The van der Waals surface area contributed by atoms with Crippen LogP contribution in [0.2, 0.25) is 0 Å². The smallest absolute Gasteiger partial charge is 0.0760 e. The first-order valence-corrected chi connectivity index (χ1v) is 5.79. The highest BCUT2D eigenvalue weighted by Gasteiger charge is 2.19. The van der Waals surface area contributed by atoms with Gasteiger partial charge < -0.3 is 0 Å². The van der Waals surface area contributed by atoms with E-state index < -0.39 is 0 Å². The summed E-state index contributed by atoms with van der Waals surface area (Å²) in [6.45, 7) is 7.99. The van der Waals surface area contributed by atoms with Gasteiger partial charge in [0.2, 0.25) is 0 Å². The van der Waals surface area contributed by atoms with Crippen molar-refractivity contribution >= 4 is 0 Å². The molecule has 1 rings (SSSR count). The second kappa shape index (κ2) is 6.39. The van der Waals surface area contributed by atoms with E-state index >= 15 is 0 Å². The van der Waals surface area contributed by atoms with E-state index in [0.717, 1.165) is 13.1 Å². The Hall–Kier alpha value is -0.0800. The van der Waals surface area contributed by atoms with Crippen LogP contribution in [0.3, 0.4) is 0 Å². The topological polar surface area (TPSA) is 17.3 Å². The summed E-state index contributed by atoms with van der Waals surface area (Å²) in [5.41, 5.74) is 0. The quantitative estimate of drug-likeness (QED) is 0.639. The van der Waals surface area contributed by atoms with Crippen LogP contribution in [0.4, 0.5) is 0 Å². The number of nitrogens with zero attached hydrogens (tertiary/aromatic N) is 2. The molecule has 1 aliphatic rings. The van der Waals surface area contributed by atoms with Crippen molar-refractivity contribution < 1.29 is 0 Å². The zero-order valence-corrected chi connectivity index (χ0v) is 9.13. The largest absolute Gasteiger partial charge is 0.287 e. The minimum absolute atomic E-state index is 0.547. The van der Waals surface area contributed by atoms with Crippen molar-refractivity contribution in [3.63, 3.8) is 0 Å². The van der Waals surface area contributed by atoms with Gasteiger partial charge in [0.1, 0.15) is 0 Å². The first-order valence-electron chi connectivity index (χ1n) is 5.79. The summed E-state index contributed by atoms with van der Waals surface area (Å²) in [5.74, 6) is 0. The van der Waals surface area contributed by atoms with Crippen molar-refractivity contribution in [3.05, 3.63) is 0 Å². The minimum atomic E-state index is 0.547. The summed E-state index contributed by atoms with van der Waals surface area (Å²) >= 11 is 0. The fourth-order valence-electron chi connectivity index (χ4n) is 1.95. The molecule has 0 aromatic carbocycles. The molecule has 0 aromatic rings. The van der Waals surface area contributed by atoms with Gasteiger partial charge in [0.25, 0.3) is 0 Å². The lowest BCUT2D eigenvalue weighted by molar-refractivity contribution is 0.139. The zero-order chi connectivity index (χ0) is 9.52. The van der Waals surface area contributed by atoms with Gasteiger partial charge in [-0.25, -0.2) is 5.32 Å². The molecule has 0 saturated carbocycles. The Morgan fingerprint density at radius 1 is 1.31 bits per heavy atom. The Balaban J connectivity index is 2.26. The van der Waals surface area contributed by atoms with E-state index in [-0.39, 0.29) is 0 Å². The zero-order valence-electron chi connectivity index (χ0n) is 9.13. The third-order valence-corrected chi connectivity index (χ3v) is 2.84. The molecule has 1 unspecified atom stereocenters. The van der Waals surface area contributed by atoms with Gasteiger partial charge in [0.15, 0.2) is 0 Å². The molecule has 1 aliphatic heterocycles. The molecule has 0 bridgehead atoms. The van der Waals surface area contributed by atoms with Crippen LogP contribution < -0.4 is 5.32 Å². The molecule has 1 heterocycles. The Morgan fingerprint density at radius 2 is 2.15 bits per heavy atom. The Morgan fingerprint density at radius 3 is 2.69 bits per heavy atom. The maximum absolute atomic E-state index is 4.68. The molecule has 0 spiro atoms. The van der Waals surface area contributed by atoms with E-state index in [4.69, 9.17) is 0 Å². The summed E-state index contributed by atoms with van der Waals surface area (Å²) in [7, 11) is 0. The van der Waals surface area contributed by atoms with E-state index in [1.54, 1.807) is 0 Å². The van der Waals surface area contributed by atoms with E-state index in [2.05, 4.69) is 24.1 Å². The summed E-state index contributed by atoms with van der Waals surface area (Å²) in [6, 6.07) is 0. The van der Waals surface area contributed by atoms with Crippen molar-refractivity contribution in [2.45, 2.75) is 52.1 Å². The molecule has 1 saturated heterocycles. The Kier molecular flexibility index (Phi) is 5.40. The molecule has 0 aromatic heterocycles. The molecule has 2 nitrogen and oxygen atoms in total. The second-order valence-corrected chi connectivity index (χ2v) is 3.86.